The number of aromatic nitrogens is 2. The molecule has 1 saturated heterocycles. The van der Waals surface area contributed by atoms with Crippen molar-refractivity contribution in [3.63, 3.8) is 0 Å². The van der Waals surface area contributed by atoms with E-state index in [0.29, 0.717) is 35.8 Å². The maximum Gasteiger partial charge on any atom is 0.306 e. The van der Waals surface area contributed by atoms with Crippen LogP contribution in [0.15, 0.2) is 18.2 Å². The molecule has 3 heterocycles. The fraction of sp³-hybridized carbons (Fsp3) is 0.500. The Kier molecular flexibility index (Phi) is 6.56. The molecule has 0 unspecified atom stereocenters. The lowest BCUT2D eigenvalue weighted by molar-refractivity contribution is -0.141. The zero-order chi connectivity index (χ0) is 22.7. The van der Waals surface area contributed by atoms with Crippen LogP contribution >= 0.6 is 0 Å². The molecule has 0 aliphatic carbocycles. The maximum absolute atomic E-state index is 11.5. The van der Waals surface area contributed by atoms with Gasteiger partial charge in [0.1, 0.15) is 5.75 Å². The number of phenolic OH excluding ortho intramolecular Hbond substituents is 1. The van der Waals surface area contributed by atoms with Crippen molar-refractivity contribution in [2.75, 3.05) is 38.2 Å². The summed E-state index contributed by atoms with van der Waals surface area (Å²) in [6.45, 7) is 5.42. The van der Waals surface area contributed by atoms with Gasteiger partial charge in [0.25, 0.3) is 0 Å². The van der Waals surface area contributed by atoms with Crippen LogP contribution in [0, 0.1) is 18.3 Å². The zero-order valence-corrected chi connectivity index (χ0v) is 18.7. The molecule has 2 aliphatic heterocycles. The highest BCUT2D eigenvalue weighted by Crippen LogP contribution is 2.36. The fourth-order valence-electron chi connectivity index (χ4n) is 4.88. The second kappa shape index (κ2) is 9.53. The zero-order valence-electron chi connectivity index (χ0n) is 18.7. The quantitative estimate of drug-likeness (QED) is 0.715. The summed E-state index contributed by atoms with van der Waals surface area (Å²) in [6.07, 6.45) is 4.55. The lowest BCUT2D eigenvalue weighted by atomic mass is 9.96. The molecular weight excluding hydrogens is 406 g/mol. The van der Waals surface area contributed by atoms with Crippen molar-refractivity contribution in [3.8, 4) is 23.1 Å². The van der Waals surface area contributed by atoms with Crippen molar-refractivity contribution in [2.24, 2.45) is 0 Å². The number of likely N-dealkylation sites (tertiary alicyclic amines) is 1. The summed E-state index contributed by atoms with van der Waals surface area (Å²) in [5.41, 5.74) is 3.62. The molecule has 32 heavy (non-hydrogen) atoms. The van der Waals surface area contributed by atoms with E-state index in [-0.39, 0.29) is 11.7 Å². The molecule has 1 atom stereocenters. The highest BCUT2D eigenvalue weighted by molar-refractivity contribution is 5.73. The monoisotopic (exact) mass is 435 g/mol. The molecule has 168 valence electrons. The lowest BCUT2D eigenvalue weighted by Crippen LogP contribution is -2.50. The van der Waals surface area contributed by atoms with E-state index in [1.165, 1.54) is 13.2 Å². The number of methoxy groups -OCH3 is 1. The van der Waals surface area contributed by atoms with Gasteiger partial charge >= 0.3 is 5.97 Å². The largest absolute Gasteiger partial charge is 0.507 e. The van der Waals surface area contributed by atoms with Crippen molar-refractivity contribution >= 4 is 11.8 Å². The van der Waals surface area contributed by atoms with E-state index in [2.05, 4.69) is 26.1 Å². The van der Waals surface area contributed by atoms with Gasteiger partial charge in [0, 0.05) is 31.2 Å². The first-order chi connectivity index (χ1) is 15.5. The van der Waals surface area contributed by atoms with Crippen molar-refractivity contribution in [3.05, 3.63) is 34.9 Å². The summed E-state index contributed by atoms with van der Waals surface area (Å²) in [4.78, 5) is 16.2. The van der Waals surface area contributed by atoms with E-state index in [1.807, 2.05) is 13.0 Å². The molecule has 2 aliphatic rings. The highest BCUT2D eigenvalue weighted by Gasteiger charge is 2.30. The van der Waals surface area contributed by atoms with Gasteiger partial charge in [0.2, 0.25) is 0 Å². The molecule has 0 radical (unpaired) electrons. The summed E-state index contributed by atoms with van der Waals surface area (Å²) in [6, 6.07) is 7.67. The van der Waals surface area contributed by atoms with E-state index in [9.17, 15) is 9.90 Å². The SMILES string of the molecule is COC(=O)CCN1CCC[C@@H](N2CCCc3cc(-c4c(C)cc(C#N)cc4O)nnc32)C1. The minimum atomic E-state index is -0.171. The third-order valence-electron chi connectivity index (χ3n) is 6.45. The van der Waals surface area contributed by atoms with Crippen LogP contribution in [0.5, 0.6) is 5.75 Å². The van der Waals surface area contributed by atoms with Crippen LogP contribution in [0.25, 0.3) is 11.3 Å². The molecule has 2 aromatic rings. The van der Waals surface area contributed by atoms with Gasteiger partial charge < -0.3 is 19.6 Å². The van der Waals surface area contributed by atoms with E-state index in [1.54, 1.807) is 6.07 Å². The molecule has 0 amide bonds. The number of nitriles is 1. The molecule has 0 saturated carbocycles. The van der Waals surface area contributed by atoms with Crippen LogP contribution in [0.2, 0.25) is 0 Å². The number of carbonyl (C=O) groups excluding carboxylic acids is 1. The second-order valence-electron chi connectivity index (χ2n) is 8.60. The Bertz CT molecular complexity index is 1030. The summed E-state index contributed by atoms with van der Waals surface area (Å²) in [7, 11) is 1.43. The Morgan fingerprint density at radius 3 is 2.88 bits per heavy atom. The van der Waals surface area contributed by atoms with Gasteiger partial charge in [0.05, 0.1) is 30.9 Å². The number of hydrogen-bond donors (Lipinski definition) is 1. The summed E-state index contributed by atoms with van der Waals surface area (Å²) in [5, 5.41) is 28.7. The number of aryl methyl sites for hydroxylation is 2. The molecule has 4 rings (SSSR count). The Morgan fingerprint density at radius 1 is 1.28 bits per heavy atom. The highest BCUT2D eigenvalue weighted by atomic mass is 16.5. The molecule has 0 bridgehead atoms. The van der Waals surface area contributed by atoms with Crippen LogP contribution in [0.1, 0.15) is 42.4 Å². The van der Waals surface area contributed by atoms with Crippen molar-refractivity contribution in [1.29, 1.82) is 5.26 Å². The molecule has 0 spiro atoms. The van der Waals surface area contributed by atoms with Gasteiger partial charge in [-0.2, -0.15) is 5.26 Å². The number of benzene rings is 1. The van der Waals surface area contributed by atoms with Crippen LogP contribution < -0.4 is 4.90 Å². The predicted octanol–water partition coefficient (Wildman–Crippen LogP) is 2.81. The normalized spacial score (nSPS) is 18.7. The number of aromatic hydroxyl groups is 1. The first kappa shape index (κ1) is 22.0. The molecule has 1 aromatic carbocycles. The first-order valence-electron chi connectivity index (χ1n) is 11.2. The minimum absolute atomic E-state index is 0.0528. The fourth-order valence-corrected chi connectivity index (χ4v) is 4.88. The number of piperidine rings is 1. The lowest BCUT2D eigenvalue weighted by Gasteiger charge is -2.42. The Balaban J connectivity index is 1.55. The second-order valence-corrected chi connectivity index (χ2v) is 8.60. The number of carbonyl (C=O) groups is 1. The van der Waals surface area contributed by atoms with Crippen molar-refractivity contribution in [2.45, 2.75) is 45.1 Å². The van der Waals surface area contributed by atoms with E-state index >= 15 is 0 Å². The van der Waals surface area contributed by atoms with Crippen LogP contribution in [0.3, 0.4) is 0 Å². The predicted molar refractivity (Wildman–Crippen MR) is 120 cm³/mol. The average Bonchev–Trinajstić information content (AvgIpc) is 2.81. The third kappa shape index (κ3) is 4.53. The van der Waals surface area contributed by atoms with Gasteiger partial charge in [-0.15, -0.1) is 10.2 Å². The summed E-state index contributed by atoms with van der Waals surface area (Å²) >= 11 is 0. The Morgan fingerprint density at radius 2 is 2.12 bits per heavy atom. The number of phenols is 1. The number of hydrogen-bond acceptors (Lipinski definition) is 8. The van der Waals surface area contributed by atoms with Crippen LogP contribution in [-0.4, -0.2) is 65.5 Å². The number of fused-ring (bicyclic) bond motifs is 1. The smallest absolute Gasteiger partial charge is 0.306 e. The number of rotatable bonds is 5. The Labute approximate surface area is 188 Å². The summed E-state index contributed by atoms with van der Waals surface area (Å²) in [5.74, 6) is 0.804. The third-order valence-corrected chi connectivity index (χ3v) is 6.45. The topological polar surface area (TPSA) is 103 Å². The van der Waals surface area contributed by atoms with Gasteiger partial charge in [0.15, 0.2) is 5.82 Å². The maximum atomic E-state index is 11.5. The van der Waals surface area contributed by atoms with Crippen molar-refractivity contribution < 1.29 is 14.6 Å². The molecule has 8 nitrogen and oxygen atoms in total. The van der Waals surface area contributed by atoms with E-state index in [4.69, 9.17) is 10.00 Å². The number of ether oxygens (including phenoxy) is 1. The average molecular weight is 436 g/mol. The standard InChI is InChI=1S/C24H29N5O3/c1-16-11-17(14-25)12-21(30)23(16)20-13-18-5-3-9-29(24(18)27-26-20)19-6-4-8-28(15-19)10-7-22(31)32-2/h11-13,19,30H,3-10,15H2,1-2H3/t19-/m1/s1. The number of anilines is 1. The number of nitrogens with zero attached hydrogens (tertiary/aromatic N) is 5. The summed E-state index contributed by atoms with van der Waals surface area (Å²) < 4.78 is 4.78. The van der Waals surface area contributed by atoms with E-state index in [0.717, 1.165) is 62.3 Å². The molecule has 1 aromatic heterocycles. The molecule has 8 heteroatoms. The van der Waals surface area contributed by atoms with Crippen molar-refractivity contribution in [1.82, 2.24) is 15.1 Å². The van der Waals surface area contributed by atoms with E-state index < -0.39 is 0 Å². The van der Waals surface area contributed by atoms with Gasteiger partial charge in [-0.05, 0) is 68.5 Å². The number of esters is 1. The molecule has 1 N–H and O–H groups in total. The Hall–Kier alpha value is -3.18. The van der Waals surface area contributed by atoms with Gasteiger partial charge in [-0.3, -0.25) is 4.79 Å². The molecular formula is C24H29N5O3. The van der Waals surface area contributed by atoms with Crippen LogP contribution in [0.4, 0.5) is 5.82 Å². The minimum Gasteiger partial charge on any atom is -0.507 e. The first-order valence-corrected chi connectivity index (χ1v) is 11.2. The van der Waals surface area contributed by atoms with Gasteiger partial charge in [-0.1, -0.05) is 0 Å². The van der Waals surface area contributed by atoms with Crippen LogP contribution in [-0.2, 0) is 16.0 Å². The molecule has 1 fully saturated rings. The van der Waals surface area contributed by atoms with Gasteiger partial charge in [-0.25, -0.2) is 0 Å².